The van der Waals surface area contributed by atoms with Crippen LogP contribution in [0, 0.1) is 0 Å². The van der Waals surface area contributed by atoms with E-state index in [1.165, 1.54) is 17.4 Å². The molecule has 10 heteroatoms. The minimum Gasteiger partial charge on any atom is -0.381 e. The molecule has 1 saturated heterocycles. The lowest BCUT2D eigenvalue weighted by molar-refractivity contribution is -0.114. The van der Waals surface area contributed by atoms with Gasteiger partial charge in [0, 0.05) is 62.6 Å². The first-order valence-corrected chi connectivity index (χ1v) is 11.4. The molecular formula is C23H31N7O2S. The number of amides is 1. The Morgan fingerprint density at radius 3 is 2.33 bits per heavy atom. The molecule has 1 fully saturated rings. The maximum atomic E-state index is 11.1. The van der Waals surface area contributed by atoms with E-state index in [9.17, 15) is 9.59 Å². The molecule has 0 radical (unpaired) electrons. The van der Waals surface area contributed by atoms with E-state index in [1.54, 1.807) is 19.4 Å². The zero-order chi connectivity index (χ0) is 24.1. The SMILES string of the molecule is C=N/C(C(N)=O)=C(/NC)SCNc1ccncc1.CN1CCN(c2ccc(C=O)cc2)CC1. The number of aldehydes is 1. The Kier molecular flexibility index (Phi) is 10.9. The average molecular weight is 470 g/mol. The molecule has 9 nitrogen and oxygen atoms in total. The first-order valence-electron chi connectivity index (χ1n) is 10.4. The Morgan fingerprint density at radius 1 is 1.18 bits per heavy atom. The first kappa shape index (κ1) is 25.9. The number of thioether (sulfide) groups is 1. The summed E-state index contributed by atoms with van der Waals surface area (Å²) >= 11 is 1.38. The second-order valence-electron chi connectivity index (χ2n) is 7.15. The number of likely N-dealkylation sites (N-methyl/N-ethyl adjacent to an activating group) is 1. The quantitative estimate of drug-likeness (QED) is 0.221. The maximum Gasteiger partial charge on any atom is 0.269 e. The number of rotatable bonds is 9. The number of hydrogen-bond donors (Lipinski definition) is 3. The molecule has 1 amide bonds. The van der Waals surface area contributed by atoms with Crippen LogP contribution in [-0.4, -0.2) is 74.9 Å². The van der Waals surface area contributed by atoms with E-state index in [2.05, 4.69) is 44.2 Å². The van der Waals surface area contributed by atoms with Crippen LogP contribution in [0.1, 0.15) is 10.4 Å². The Balaban J connectivity index is 0.000000237. The highest BCUT2D eigenvalue weighted by Gasteiger charge is 2.13. The predicted octanol–water partition coefficient (Wildman–Crippen LogP) is 2.01. The van der Waals surface area contributed by atoms with Gasteiger partial charge in [-0.15, -0.1) is 0 Å². The van der Waals surface area contributed by atoms with Crippen LogP contribution in [0.3, 0.4) is 0 Å². The number of anilines is 2. The molecule has 3 rings (SSSR count). The van der Waals surface area contributed by atoms with Gasteiger partial charge in [0.1, 0.15) is 11.3 Å². The Morgan fingerprint density at radius 2 is 1.82 bits per heavy atom. The lowest BCUT2D eigenvalue weighted by atomic mass is 10.2. The molecule has 33 heavy (non-hydrogen) atoms. The van der Waals surface area contributed by atoms with Gasteiger partial charge in [-0.2, -0.15) is 0 Å². The Labute approximate surface area is 199 Å². The van der Waals surface area contributed by atoms with E-state index < -0.39 is 5.91 Å². The highest BCUT2D eigenvalue weighted by Crippen LogP contribution is 2.18. The highest BCUT2D eigenvalue weighted by molar-refractivity contribution is 8.03. The summed E-state index contributed by atoms with van der Waals surface area (Å²) in [7, 11) is 3.84. The molecule has 0 atom stereocenters. The summed E-state index contributed by atoms with van der Waals surface area (Å²) in [6.45, 7) is 7.67. The average Bonchev–Trinajstić information content (AvgIpc) is 2.85. The van der Waals surface area contributed by atoms with Crippen LogP contribution >= 0.6 is 11.8 Å². The third kappa shape index (κ3) is 8.59. The first-order chi connectivity index (χ1) is 16.0. The molecule has 1 aromatic heterocycles. The zero-order valence-corrected chi connectivity index (χ0v) is 19.8. The zero-order valence-electron chi connectivity index (χ0n) is 19.0. The van der Waals surface area contributed by atoms with Crippen LogP contribution < -0.4 is 21.3 Å². The van der Waals surface area contributed by atoms with Gasteiger partial charge in [0.25, 0.3) is 5.91 Å². The molecule has 1 aliphatic rings. The molecule has 1 aromatic carbocycles. The minimum atomic E-state index is -0.606. The molecule has 2 heterocycles. The molecular weight excluding hydrogens is 438 g/mol. The van der Waals surface area contributed by atoms with Crippen LogP contribution in [0.5, 0.6) is 0 Å². The van der Waals surface area contributed by atoms with E-state index in [0.717, 1.165) is 43.7 Å². The fourth-order valence-electron chi connectivity index (χ4n) is 3.01. The van der Waals surface area contributed by atoms with E-state index in [0.29, 0.717) is 10.9 Å². The number of hydrogen-bond acceptors (Lipinski definition) is 9. The van der Waals surface area contributed by atoms with Crippen LogP contribution in [0.25, 0.3) is 0 Å². The molecule has 1 aliphatic heterocycles. The number of primary amides is 1. The number of nitrogens with one attached hydrogen (secondary N) is 2. The number of carbonyl (C=O) groups is 2. The summed E-state index contributed by atoms with van der Waals surface area (Å²) in [6.07, 6.45) is 4.28. The van der Waals surface area contributed by atoms with Crippen molar-refractivity contribution in [2.75, 3.05) is 56.4 Å². The van der Waals surface area contributed by atoms with Crippen LogP contribution in [0.4, 0.5) is 11.4 Å². The van der Waals surface area contributed by atoms with Gasteiger partial charge in [0.15, 0.2) is 5.70 Å². The van der Waals surface area contributed by atoms with Gasteiger partial charge in [-0.25, -0.2) is 0 Å². The number of pyridine rings is 1. The van der Waals surface area contributed by atoms with Crippen molar-refractivity contribution in [3.8, 4) is 0 Å². The monoisotopic (exact) mass is 469 g/mol. The standard InChI is InChI=1S/C12H16N2O.C11H15N5OS/c1-13-6-8-14(9-7-13)12-4-2-11(10-15)3-5-12;1-13-9(10(12)17)11(14-2)18-7-16-8-3-5-15-6-4-8/h2-5,10H,6-9H2,1H3;3-6,14H,1,7H2,2H3,(H2,12,17)(H,15,16)/b;11-9-. The smallest absolute Gasteiger partial charge is 0.269 e. The van der Waals surface area contributed by atoms with Crippen molar-refractivity contribution in [2.24, 2.45) is 10.7 Å². The fraction of sp³-hybridized carbons (Fsp3) is 0.304. The molecule has 4 N–H and O–H groups in total. The lowest BCUT2D eigenvalue weighted by Crippen LogP contribution is -2.44. The van der Waals surface area contributed by atoms with Crippen LogP contribution in [0.2, 0.25) is 0 Å². The fourth-order valence-corrected chi connectivity index (χ4v) is 3.84. The van der Waals surface area contributed by atoms with E-state index in [4.69, 9.17) is 5.73 Å². The number of nitrogens with two attached hydrogens (primary N) is 1. The van der Waals surface area contributed by atoms with Crippen molar-refractivity contribution >= 4 is 42.0 Å². The third-order valence-electron chi connectivity index (χ3n) is 4.90. The maximum absolute atomic E-state index is 11.1. The summed E-state index contributed by atoms with van der Waals surface area (Å²) in [5.74, 6) is -0.0438. The van der Waals surface area contributed by atoms with Gasteiger partial charge >= 0.3 is 0 Å². The normalized spacial score (nSPS) is 14.3. The second-order valence-corrected chi connectivity index (χ2v) is 8.14. The summed E-state index contributed by atoms with van der Waals surface area (Å²) < 4.78 is 0. The third-order valence-corrected chi connectivity index (χ3v) is 5.88. The number of piperazine rings is 1. The number of nitrogens with zero attached hydrogens (tertiary/aromatic N) is 4. The minimum absolute atomic E-state index is 0.138. The Bertz CT molecular complexity index is 928. The highest BCUT2D eigenvalue weighted by atomic mass is 32.2. The van der Waals surface area contributed by atoms with Crippen molar-refractivity contribution in [1.29, 1.82) is 0 Å². The van der Waals surface area contributed by atoms with Crippen LogP contribution in [0.15, 0.2) is 64.5 Å². The van der Waals surface area contributed by atoms with Crippen molar-refractivity contribution in [2.45, 2.75) is 0 Å². The van der Waals surface area contributed by atoms with Gasteiger partial charge in [-0.05, 0) is 50.2 Å². The van der Waals surface area contributed by atoms with Crippen molar-refractivity contribution in [1.82, 2.24) is 15.2 Å². The van der Waals surface area contributed by atoms with Gasteiger partial charge in [-0.1, -0.05) is 11.8 Å². The number of aliphatic imine (C=N–C) groups is 1. The molecule has 176 valence electrons. The predicted molar refractivity (Wildman–Crippen MR) is 137 cm³/mol. The number of aromatic nitrogens is 1. The van der Waals surface area contributed by atoms with Crippen molar-refractivity contribution < 1.29 is 9.59 Å². The van der Waals surface area contributed by atoms with Crippen molar-refractivity contribution in [3.05, 3.63) is 65.1 Å². The molecule has 0 unspecified atom stereocenters. The number of benzene rings is 1. The molecule has 2 aromatic rings. The van der Waals surface area contributed by atoms with Gasteiger partial charge in [0.2, 0.25) is 0 Å². The van der Waals surface area contributed by atoms with Crippen molar-refractivity contribution in [3.63, 3.8) is 0 Å². The van der Waals surface area contributed by atoms with E-state index in [-0.39, 0.29) is 5.70 Å². The van der Waals surface area contributed by atoms with E-state index >= 15 is 0 Å². The molecule has 0 aliphatic carbocycles. The second kappa shape index (κ2) is 13.9. The summed E-state index contributed by atoms with van der Waals surface area (Å²) in [5.41, 5.74) is 8.24. The molecule has 0 spiro atoms. The van der Waals surface area contributed by atoms with Crippen LogP contribution in [-0.2, 0) is 4.79 Å². The summed E-state index contributed by atoms with van der Waals surface area (Å²) in [5, 5.41) is 6.62. The summed E-state index contributed by atoms with van der Waals surface area (Å²) in [6, 6.07) is 11.5. The molecule has 0 saturated carbocycles. The Hall–Kier alpha value is -3.37. The number of carbonyl (C=O) groups excluding carboxylic acids is 2. The lowest BCUT2D eigenvalue weighted by Gasteiger charge is -2.34. The van der Waals surface area contributed by atoms with E-state index in [1.807, 2.05) is 36.4 Å². The topological polar surface area (TPSA) is 116 Å². The van der Waals surface area contributed by atoms with Gasteiger partial charge in [0.05, 0.1) is 5.88 Å². The van der Waals surface area contributed by atoms with Gasteiger partial charge < -0.3 is 26.2 Å². The summed E-state index contributed by atoms with van der Waals surface area (Å²) in [4.78, 5) is 33.8. The van der Waals surface area contributed by atoms with Gasteiger partial charge in [-0.3, -0.25) is 19.6 Å². The molecule has 0 bridgehead atoms. The largest absolute Gasteiger partial charge is 0.381 e.